The van der Waals surface area contributed by atoms with Gasteiger partial charge in [0.25, 0.3) is 0 Å². The van der Waals surface area contributed by atoms with Crippen LogP contribution in [-0.4, -0.2) is 0 Å². The molecule has 0 fully saturated rings. The second-order valence-corrected chi connectivity index (χ2v) is 2.95. The van der Waals surface area contributed by atoms with Crippen molar-refractivity contribution in [1.82, 2.24) is 0 Å². The van der Waals surface area contributed by atoms with Crippen molar-refractivity contribution < 1.29 is 0 Å². The first-order chi connectivity index (χ1) is 5.11. The third-order valence-electron chi connectivity index (χ3n) is 2.04. The molecule has 0 N–H and O–H groups in total. The highest BCUT2D eigenvalue weighted by Gasteiger charge is 1.95. The standard InChI is InChI=1S/C11H18/c1-6-9(3)8-11(5)10(4)7-2/h6H,1,3,7-8H2,2,4-5H3/b11-10+. The molecule has 0 spiro atoms. The SMILES string of the molecule is C=CC(=C)C/C(C)=C(\C)CC. The van der Waals surface area contributed by atoms with Gasteiger partial charge in [-0.3, -0.25) is 0 Å². The molecule has 0 radical (unpaired) electrons. The molecule has 0 unspecified atom stereocenters. The highest BCUT2D eigenvalue weighted by molar-refractivity contribution is 5.22. The zero-order valence-corrected chi connectivity index (χ0v) is 7.91. The summed E-state index contributed by atoms with van der Waals surface area (Å²) >= 11 is 0. The Morgan fingerprint density at radius 2 is 1.82 bits per heavy atom. The Labute approximate surface area is 70.3 Å². The first-order valence-electron chi connectivity index (χ1n) is 4.07. The quantitative estimate of drug-likeness (QED) is 0.421. The van der Waals surface area contributed by atoms with E-state index in [9.17, 15) is 0 Å². The summed E-state index contributed by atoms with van der Waals surface area (Å²) in [7, 11) is 0. The lowest BCUT2D eigenvalue weighted by Crippen LogP contribution is -1.84. The monoisotopic (exact) mass is 150 g/mol. The van der Waals surface area contributed by atoms with Gasteiger partial charge in [0.1, 0.15) is 0 Å². The summed E-state index contributed by atoms with van der Waals surface area (Å²) in [4.78, 5) is 0. The molecule has 0 bridgehead atoms. The van der Waals surface area contributed by atoms with Crippen LogP contribution in [0.4, 0.5) is 0 Å². The lowest BCUT2D eigenvalue weighted by molar-refractivity contribution is 1.01. The minimum Gasteiger partial charge on any atom is -0.0988 e. The van der Waals surface area contributed by atoms with Crippen molar-refractivity contribution in [2.24, 2.45) is 0 Å². The predicted molar refractivity (Wildman–Crippen MR) is 52.6 cm³/mol. The van der Waals surface area contributed by atoms with Crippen LogP contribution in [0.5, 0.6) is 0 Å². The van der Waals surface area contributed by atoms with Crippen LogP contribution < -0.4 is 0 Å². The molecule has 11 heavy (non-hydrogen) atoms. The van der Waals surface area contributed by atoms with E-state index < -0.39 is 0 Å². The molecule has 0 saturated carbocycles. The van der Waals surface area contributed by atoms with Gasteiger partial charge >= 0.3 is 0 Å². The smallest absolute Gasteiger partial charge is 0.00734 e. The van der Waals surface area contributed by atoms with Crippen LogP contribution in [0.2, 0.25) is 0 Å². The summed E-state index contributed by atoms with van der Waals surface area (Å²) in [6.07, 6.45) is 3.94. The van der Waals surface area contributed by atoms with Crippen molar-refractivity contribution in [3.8, 4) is 0 Å². The number of hydrogen-bond donors (Lipinski definition) is 0. The van der Waals surface area contributed by atoms with Crippen molar-refractivity contribution in [3.05, 3.63) is 36.0 Å². The van der Waals surface area contributed by atoms with Gasteiger partial charge in [-0.05, 0) is 26.7 Å². The van der Waals surface area contributed by atoms with Crippen molar-refractivity contribution in [2.45, 2.75) is 33.6 Å². The molecule has 0 atom stereocenters. The van der Waals surface area contributed by atoms with Gasteiger partial charge in [-0.1, -0.05) is 42.9 Å². The first kappa shape index (κ1) is 10.2. The van der Waals surface area contributed by atoms with Gasteiger partial charge in [-0.25, -0.2) is 0 Å². The number of allylic oxidation sites excluding steroid dienone is 4. The molecule has 0 rings (SSSR count). The topological polar surface area (TPSA) is 0 Å². The molecule has 0 amide bonds. The average molecular weight is 150 g/mol. The zero-order chi connectivity index (χ0) is 8.85. The van der Waals surface area contributed by atoms with Gasteiger partial charge in [-0.2, -0.15) is 0 Å². The van der Waals surface area contributed by atoms with Crippen molar-refractivity contribution >= 4 is 0 Å². The summed E-state index contributed by atoms with van der Waals surface area (Å²) in [5.41, 5.74) is 4.00. The Morgan fingerprint density at radius 3 is 2.18 bits per heavy atom. The van der Waals surface area contributed by atoms with Crippen LogP contribution in [0, 0.1) is 0 Å². The average Bonchev–Trinajstić information content (AvgIpc) is 2.02. The fraction of sp³-hybridized carbons (Fsp3) is 0.455. The molecule has 0 aliphatic carbocycles. The summed E-state index contributed by atoms with van der Waals surface area (Å²) < 4.78 is 0. The van der Waals surface area contributed by atoms with Crippen LogP contribution in [0.15, 0.2) is 36.0 Å². The normalized spacial score (nSPS) is 12.3. The fourth-order valence-electron chi connectivity index (χ4n) is 0.865. The maximum atomic E-state index is 3.88. The van der Waals surface area contributed by atoms with Crippen molar-refractivity contribution in [2.75, 3.05) is 0 Å². The Morgan fingerprint density at radius 1 is 1.27 bits per heavy atom. The van der Waals surface area contributed by atoms with Crippen LogP contribution in [-0.2, 0) is 0 Å². The Kier molecular flexibility index (Phi) is 4.60. The molecule has 0 heteroatoms. The molecule has 0 saturated heterocycles. The van der Waals surface area contributed by atoms with Gasteiger partial charge in [0.05, 0.1) is 0 Å². The van der Waals surface area contributed by atoms with E-state index in [1.165, 1.54) is 11.1 Å². The summed E-state index contributed by atoms with van der Waals surface area (Å²) in [5, 5.41) is 0. The number of rotatable bonds is 4. The molecule has 0 aromatic carbocycles. The second-order valence-electron chi connectivity index (χ2n) is 2.95. The third kappa shape index (κ3) is 3.82. The second kappa shape index (κ2) is 4.95. The van der Waals surface area contributed by atoms with Crippen LogP contribution in [0.25, 0.3) is 0 Å². The molecular formula is C11H18. The Balaban J connectivity index is 4.15. The molecule has 0 aromatic heterocycles. The van der Waals surface area contributed by atoms with Gasteiger partial charge < -0.3 is 0 Å². The lowest BCUT2D eigenvalue weighted by Gasteiger charge is -2.04. The van der Waals surface area contributed by atoms with E-state index in [0.29, 0.717) is 0 Å². The first-order valence-corrected chi connectivity index (χ1v) is 4.07. The zero-order valence-electron chi connectivity index (χ0n) is 7.91. The minimum absolute atomic E-state index is 0.975. The van der Waals surface area contributed by atoms with E-state index in [2.05, 4.69) is 33.9 Å². The molecule has 0 aliphatic heterocycles. The highest BCUT2D eigenvalue weighted by Crippen LogP contribution is 2.15. The van der Waals surface area contributed by atoms with E-state index in [1.807, 2.05) is 6.08 Å². The fourth-order valence-corrected chi connectivity index (χ4v) is 0.865. The molecule has 0 nitrogen and oxygen atoms in total. The van der Waals surface area contributed by atoms with E-state index in [1.54, 1.807) is 0 Å². The van der Waals surface area contributed by atoms with Gasteiger partial charge in [0.2, 0.25) is 0 Å². The molecule has 0 heterocycles. The van der Waals surface area contributed by atoms with E-state index >= 15 is 0 Å². The lowest BCUT2D eigenvalue weighted by atomic mass is 10.0. The predicted octanol–water partition coefficient (Wildman–Crippen LogP) is 3.87. The summed E-state index contributed by atoms with van der Waals surface area (Å²) in [5.74, 6) is 0. The van der Waals surface area contributed by atoms with Crippen molar-refractivity contribution in [3.63, 3.8) is 0 Å². The van der Waals surface area contributed by atoms with Crippen molar-refractivity contribution in [1.29, 1.82) is 0 Å². The minimum atomic E-state index is 0.975. The third-order valence-corrected chi connectivity index (χ3v) is 2.04. The molecule has 0 aliphatic rings. The highest BCUT2D eigenvalue weighted by atomic mass is 14.0. The largest absolute Gasteiger partial charge is 0.0988 e. The van der Waals surface area contributed by atoms with E-state index in [-0.39, 0.29) is 0 Å². The Hall–Kier alpha value is -0.780. The Bertz CT molecular complexity index is 182. The number of hydrogen-bond acceptors (Lipinski definition) is 0. The molecular weight excluding hydrogens is 132 g/mol. The molecule has 62 valence electrons. The van der Waals surface area contributed by atoms with Crippen LogP contribution >= 0.6 is 0 Å². The maximum Gasteiger partial charge on any atom is -0.00734 e. The summed E-state index contributed by atoms with van der Waals surface area (Å²) in [6.45, 7) is 14.1. The maximum absolute atomic E-state index is 3.88. The van der Waals surface area contributed by atoms with Crippen LogP contribution in [0.1, 0.15) is 33.6 Å². The molecule has 0 aromatic rings. The van der Waals surface area contributed by atoms with Crippen LogP contribution in [0.3, 0.4) is 0 Å². The van der Waals surface area contributed by atoms with E-state index in [0.717, 1.165) is 18.4 Å². The van der Waals surface area contributed by atoms with Gasteiger partial charge in [0, 0.05) is 0 Å². The van der Waals surface area contributed by atoms with Gasteiger partial charge in [-0.15, -0.1) is 0 Å². The van der Waals surface area contributed by atoms with E-state index in [4.69, 9.17) is 0 Å². The van der Waals surface area contributed by atoms with Gasteiger partial charge in [0.15, 0.2) is 0 Å². The summed E-state index contributed by atoms with van der Waals surface area (Å²) in [6, 6.07) is 0.